The van der Waals surface area contributed by atoms with Crippen LogP contribution in [0.4, 0.5) is 0 Å². The van der Waals surface area contributed by atoms with Crippen molar-refractivity contribution < 1.29 is 26.5 Å². The monoisotopic (exact) mass is 426 g/mol. The predicted molar refractivity (Wildman–Crippen MR) is 106 cm³/mol. The van der Waals surface area contributed by atoms with Gasteiger partial charge in [0.25, 0.3) is 0 Å². The third-order valence-electron chi connectivity index (χ3n) is 4.61. The van der Waals surface area contributed by atoms with Crippen LogP contribution in [0.1, 0.15) is 39.4 Å². The Morgan fingerprint density at radius 1 is 0.885 bits per heavy atom. The quantitative estimate of drug-likeness (QED) is 0.403. The molecule has 5 heteroatoms. The summed E-state index contributed by atoms with van der Waals surface area (Å²) in [5.74, 6) is 5.51. The molecule has 3 saturated heterocycles. The normalized spacial score (nSPS) is 29.7. The SMILES string of the molecule is C[C]1[CH][P][CH][C]1C.C[C]1[CH][P][C]([C@H]2OC[C@H](c3ccccc3)O2)[C]1C.[Fe+2]. The molecule has 0 bridgehead atoms. The Kier molecular flexibility index (Phi) is 9.56. The molecule has 2 nitrogen and oxygen atoms in total. The van der Waals surface area contributed by atoms with Gasteiger partial charge in [0.05, 0.1) is 12.3 Å². The number of hydrogen-bond donors (Lipinski definition) is 0. The minimum Gasteiger partial charge on any atom is -0.349 e. The molecule has 0 amide bonds. The molecule has 3 fully saturated rings. The van der Waals surface area contributed by atoms with Gasteiger partial charge < -0.3 is 9.47 Å². The number of ether oxygens (including phenoxy) is 2. The van der Waals surface area contributed by atoms with Gasteiger partial charge in [-0.05, 0) is 47.7 Å². The van der Waals surface area contributed by atoms with Crippen LogP contribution >= 0.6 is 17.2 Å². The molecule has 3 heterocycles. The first-order valence-electron chi connectivity index (χ1n) is 8.51. The minimum absolute atomic E-state index is 0. The second kappa shape index (κ2) is 10.9. The summed E-state index contributed by atoms with van der Waals surface area (Å²) in [6, 6.07) is 10.3. The Hall–Kier alpha value is 0.519. The Balaban J connectivity index is 0.000000258. The standard InChI is InChI=1S/C15H16O2P.C6H8P.Fe/c1-10-9-18-14(11(10)2)15-16-8-13(17-15)12-6-4-3-5-7-12;1-5-3-7-4-6(5)2;/h3-7,9,13,15H,8H2,1-2H3;3-4H,1-2H3;/q;;+2/t13-,15+;;/m1../s1. The molecular weight excluding hydrogens is 402 g/mol. The van der Waals surface area contributed by atoms with Gasteiger partial charge in [0.1, 0.15) is 6.10 Å². The van der Waals surface area contributed by atoms with Crippen molar-refractivity contribution in [3.8, 4) is 0 Å². The zero-order valence-electron chi connectivity index (χ0n) is 15.5. The second-order valence-electron chi connectivity index (χ2n) is 6.43. The zero-order chi connectivity index (χ0) is 17.8. The van der Waals surface area contributed by atoms with E-state index in [-0.39, 0.29) is 29.5 Å². The minimum atomic E-state index is -0.175. The van der Waals surface area contributed by atoms with Crippen molar-refractivity contribution >= 4 is 17.2 Å². The van der Waals surface area contributed by atoms with Gasteiger partial charge in [-0.3, -0.25) is 0 Å². The molecular formula is C21H24FeO2P2+2. The molecule has 0 saturated carbocycles. The molecule has 3 aliphatic rings. The molecule has 4 rings (SSSR count). The van der Waals surface area contributed by atoms with Crippen LogP contribution in [0.2, 0.25) is 0 Å². The van der Waals surface area contributed by atoms with Gasteiger partial charge in [-0.1, -0.05) is 75.2 Å². The molecule has 0 unspecified atom stereocenters. The van der Waals surface area contributed by atoms with E-state index in [4.69, 9.17) is 9.47 Å². The molecule has 0 aliphatic carbocycles. The maximum absolute atomic E-state index is 6.03. The van der Waals surface area contributed by atoms with Crippen LogP contribution in [0.5, 0.6) is 0 Å². The second-order valence-corrected chi connectivity index (χ2v) is 8.24. The average Bonchev–Trinajstić information content (AvgIpc) is 3.33. The summed E-state index contributed by atoms with van der Waals surface area (Å²) in [6.45, 7) is 9.21. The summed E-state index contributed by atoms with van der Waals surface area (Å²) in [5.41, 5.74) is 2.45. The largest absolute Gasteiger partial charge is 2.00 e. The van der Waals surface area contributed by atoms with Crippen LogP contribution in [-0.2, 0) is 26.5 Å². The van der Waals surface area contributed by atoms with Crippen molar-refractivity contribution in [3.63, 3.8) is 0 Å². The molecule has 10 radical (unpaired) electrons. The maximum Gasteiger partial charge on any atom is 2.00 e. The van der Waals surface area contributed by atoms with Crippen LogP contribution in [0.15, 0.2) is 30.3 Å². The molecule has 0 spiro atoms. The summed E-state index contributed by atoms with van der Waals surface area (Å²) in [4.78, 5) is 0. The van der Waals surface area contributed by atoms with Crippen molar-refractivity contribution in [2.75, 3.05) is 6.61 Å². The number of hydrogen-bond acceptors (Lipinski definition) is 2. The van der Waals surface area contributed by atoms with Crippen LogP contribution < -0.4 is 0 Å². The molecule has 1 aromatic carbocycles. The Bertz CT molecular complexity index is 522. The molecule has 0 aromatic heterocycles. The van der Waals surface area contributed by atoms with Crippen LogP contribution in [0, 0.1) is 47.8 Å². The predicted octanol–water partition coefficient (Wildman–Crippen LogP) is 6.40. The van der Waals surface area contributed by atoms with Gasteiger partial charge in [-0.15, -0.1) is 0 Å². The maximum atomic E-state index is 6.03. The first-order valence-corrected chi connectivity index (χ1v) is 10.5. The van der Waals surface area contributed by atoms with E-state index in [9.17, 15) is 0 Å². The van der Waals surface area contributed by atoms with Gasteiger partial charge >= 0.3 is 17.1 Å². The molecule has 136 valence electrons. The first-order chi connectivity index (χ1) is 12.1. The van der Waals surface area contributed by atoms with Crippen molar-refractivity contribution in [2.24, 2.45) is 0 Å². The molecule has 3 aliphatic heterocycles. The number of benzene rings is 1. The van der Waals surface area contributed by atoms with E-state index in [1.165, 1.54) is 52.1 Å². The van der Waals surface area contributed by atoms with E-state index in [1.807, 2.05) is 18.2 Å². The average molecular weight is 426 g/mol. The third kappa shape index (κ3) is 5.76. The number of rotatable bonds is 2. The fourth-order valence-corrected chi connectivity index (χ4v) is 4.74. The smallest absolute Gasteiger partial charge is 0.349 e. The van der Waals surface area contributed by atoms with Crippen LogP contribution in [0.3, 0.4) is 0 Å². The molecule has 26 heavy (non-hydrogen) atoms. The fraction of sp³-hybridized carbons (Fsp3) is 0.333. The van der Waals surface area contributed by atoms with E-state index >= 15 is 0 Å². The summed E-state index contributed by atoms with van der Waals surface area (Å²) >= 11 is 0. The Morgan fingerprint density at radius 2 is 1.54 bits per heavy atom. The molecule has 2 atom stereocenters. The van der Waals surface area contributed by atoms with Crippen molar-refractivity contribution in [1.82, 2.24) is 0 Å². The summed E-state index contributed by atoms with van der Waals surface area (Å²) < 4.78 is 11.8. The zero-order valence-corrected chi connectivity index (χ0v) is 18.4. The van der Waals surface area contributed by atoms with Gasteiger partial charge in [-0.2, -0.15) is 0 Å². The summed E-state index contributed by atoms with van der Waals surface area (Å²) in [5, 5.41) is 0. The van der Waals surface area contributed by atoms with Crippen molar-refractivity contribution in [1.29, 1.82) is 0 Å². The summed E-state index contributed by atoms with van der Waals surface area (Å²) in [6.07, 6.45) is 6.54. The van der Waals surface area contributed by atoms with E-state index in [0.29, 0.717) is 6.61 Å². The first kappa shape index (κ1) is 22.8. The van der Waals surface area contributed by atoms with Crippen molar-refractivity contribution in [3.05, 3.63) is 83.7 Å². The fourth-order valence-electron chi connectivity index (χ4n) is 2.65. The van der Waals surface area contributed by atoms with E-state index in [0.717, 1.165) is 0 Å². The topological polar surface area (TPSA) is 18.5 Å². The van der Waals surface area contributed by atoms with Crippen LogP contribution in [0.25, 0.3) is 0 Å². The third-order valence-corrected chi connectivity index (χ3v) is 7.03. The van der Waals surface area contributed by atoms with Gasteiger partial charge in [0.15, 0.2) is 6.29 Å². The Morgan fingerprint density at radius 3 is 2.04 bits per heavy atom. The van der Waals surface area contributed by atoms with Crippen molar-refractivity contribution in [2.45, 2.75) is 40.1 Å². The van der Waals surface area contributed by atoms with E-state index in [1.54, 1.807) is 0 Å². The molecule has 1 aromatic rings. The van der Waals surface area contributed by atoms with E-state index in [2.05, 4.69) is 58.3 Å². The summed E-state index contributed by atoms with van der Waals surface area (Å²) in [7, 11) is 2.57. The Labute approximate surface area is 174 Å². The van der Waals surface area contributed by atoms with E-state index < -0.39 is 0 Å². The molecule has 0 N–H and O–H groups in total. The van der Waals surface area contributed by atoms with Gasteiger partial charge in [-0.25, -0.2) is 0 Å². The van der Waals surface area contributed by atoms with Crippen LogP contribution in [-0.4, -0.2) is 12.9 Å². The van der Waals surface area contributed by atoms with Gasteiger partial charge in [0.2, 0.25) is 0 Å². The van der Waals surface area contributed by atoms with Gasteiger partial charge in [0, 0.05) is 0 Å².